The first-order chi connectivity index (χ1) is 7.44. The van der Waals surface area contributed by atoms with E-state index >= 15 is 0 Å². The smallest absolute Gasteiger partial charge is 0.309 e. The molecule has 0 spiro atoms. The van der Waals surface area contributed by atoms with Crippen LogP contribution in [0.5, 0.6) is 0 Å². The van der Waals surface area contributed by atoms with Crippen LogP contribution in [0, 0.1) is 11.3 Å². The Kier molecular flexibility index (Phi) is 4.57. The van der Waals surface area contributed by atoms with E-state index in [0.29, 0.717) is 5.92 Å². The van der Waals surface area contributed by atoms with E-state index in [2.05, 4.69) is 19.9 Å². The minimum Gasteiger partial charge on any atom is -0.481 e. The molecule has 1 aliphatic carbocycles. The summed E-state index contributed by atoms with van der Waals surface area (Å²) in [6.45, 7) is 6.13. The maximum absolute atomic E-state index is 11.2. The number of carbonyl (C=O) groups is 1. The van der Waals surface area contributed by atoms with Gasteiger partial charge in [0.05, 0.1) is 5.41 Å². The molecule has 0 aromatic carbocycles. The molecule has 2 unspecified atom stereocenters. The normalized spacial score (nSPS) is 29.8. The molecule has 1 saturated carbocycles. The monoisotopic (exact) mass is 224 g/mol. The first kappa shape index (κ1) is 13.3. The highest BCUT2D eigenvalue weighted by Gasteiger charge is 2.38. The van der Waals surface area contributed by atoms with Crippen LogP contribution in [0.3, 0.4) is 0 Å². The van der Waals surface area contributed by atoms with E-state index in [4.69, 9.17) is 0 Å². The minimum absolute atomic E-state index is 0.464. The number of allylic oxidation sites excluding steroid dienone is 2. The molecule has 1 fully saturated rings. The Morgan fingerprint density at radius 1 is 1.50 bits per heavy atom. The quantitative estimate of drug-likeness (QED) is 0.732. The molecule has 0 aliphatic heterocycles. The second-order valence-electron chi connectivity index (χ2n) is 5.69. The average Bonchev–Trinajstić information content (AvgIpc) is 2.17. The Bertz CT molecular complexity index is 276. The molecular weight excluding hydrogens is 200 g/mol. The molecule has 2 nitrogen and oxygen atoms in total. The first-order valence-corrected chi connectivity index (χ1v) is 6.31. The second kappa shape index (κ2) is 5.51. The Morgan fingerprint density at radius 2 is 2.19 bits per heavy atom. The van der Waals surface area contributed by atoms with Crippen LogP contribution in [0.1, 0.15) is 59.3 Å². The lowest BCUT2D eigenvalue weighted by molar-refractivity contribution is -0.150. The van der Waals surface area contributed by atoms with Crippen LogP contribution in [0.2, 0.25) is 0 Å². The van der Waals surface area contributed by atoms with Crippen LogP contribution < -0.4 is 0 Å². The predicted molar refractivity (Wildman–Crippen MR) is 66.4 cm³/mol. The van der Waals surface area contributed by atoms with Crippen molar-refractivity contribution in [1.29, 1.82) is 0 Å². The summed E-state index contributed by atoms with van der Waals surface area (Å²) in [5, 5.41) is 9.22. The molecule has 1 rings (SSSR count). The van der Waals surface area contributed by atoms with E-state index in [0.717, 1.165) is 32.1 Å². The molecule has 16 heavy (non-hydrogen) atoms. The van der Waals surface area contributed by atoms with Crippen LogP contribution in [0.15, 0.2) is 11.6 Å². The van der Waals surface area contributed by atoms with Gasteiger partial charge in [-0.2, -0.15) is 0 Å². The van der Waals surface area contributed by atoms with Gasteiger partial charge in [-0.1, -0.05) is 24.5 Å². The fourth-order valence-electron chi connectivity index (χ4n) is 2.67. The Balaban J connectivity index is 2.45. The van der Waals surface area contributed by atoms with Crippen LogP contribution in [-0.2, 0) is 4.79 Å². The molecule has 0 aromatic heterocycles. The minimum atomic E-state index is -0.612. The van der Waals surface area contributed by atoms with E-state index in [1.54, 1.807) is 0 Å². The number of aliphatic carboxylic acids is 1. The number of carboxylic acid groups (broad SMARTS) is 1. The van der Waals surface area contributed by atoms with Crippen molar-refractivity contribution in [2.24, 2.45) is 11.3 Å². The molecule has 0 saturated heterocycles. The van der Waals surface area contributed by atoms with Gasteiger partial charge in [-0.3, -0.25) is 4.79 Å². The van der Waals surface area contributed by atoms with E-state index in [-0.39, 0.29) is 0 Å². The second-order valence-corrected chi connectivity index (χ2v) is 5.69. The highest BCUT2D eigenvalue weighted by atomic mass is 16.4. The van der Waals surface area contributed by atoms with Gasteiger partial charge in [0.1, 0.15) is 0 Å². The van der Waals surface area contributed by atoms with Crippen molar-refractivity contribution in [1.82, 2.24) is 0 Å². The summed E-state index contributed by atoms with van der Waals surface area (Å²) in [5.41, 5.74) is 0.894. The lowest BCUT2D eigenvalue weighted by atomic mass is 9.70. The zero-order chi connectivity index (χ0) is 12.2. The summed E-state index contributed by atoms with van der Waals surface area (Å²) in [5.74, 6) is -0.00939. The van der Waals surface area contributed by atoms with Gasteiger partial charge in [0.2, 0.25) is 0 Å². The summed E-state index contributed by atoms with van der Waals surface area (Å²) in [6.07, 6.45) is 8.49. The standard InChI is InChI=1S/C14H24O2/c1-11(2)6-4-7-12-8-5-9-14(3,10-12)13(15)16/h6,12H,4-5,7-10H2,1-3H3,(H,15,16). The van der Waals surface area contributed by atoms with Crippen molar-refractivity contribution in [2.75, 3.05) is 0 Å². The van der Waals surface area contributed by atoms with E-state index in [9.17, 15) is 9.90 Å². The van der Waals surface area contributed by atoms with Gasteiger partial charge in [-0.25, -0.2) is 0 Å². The molecule has 1 aliphatic rings. The third kappa shape index (κ3) is 3.66. The molecule has 0 bridgehead atoms. The van der Waals surface area contributed by atoms with Crippen molar-refractivity contribution in [3.63, 3.8) is 0 Å². The van der Waals surface area contributed by atoms with Crippen molar-refractivity contribution < 1.29 is 9.90 Å². The highest BCUT2D eigenvalue weighted by Crippen LogP contribution is 2.41. The average molecular weight is 224 g/mol. The number of carboxylic acids is 1. The third-order valence-corrected chi connectivity index (χ3v) is 3.72. The van der Waals surface area contributed by atoms with E-state index in [1.165, 1.54) is 12.0 Å². The fourth-order valence-corrected chi connectivity index (χ4v) is 2.67. The SMILES string of the molecule is CC(C)=CCCC1CCCC(C)(C(=O)O)C1. The molecular formula is C14H24O2. The summed E-state index contributed by atoms with van der Waals surface area (Å²) in [6, 6.07) is 0. The predicted octanol–water partition coefficient (Wildman–Crippen LogP) is 4.01. The molecule has 1 N–H and O–H groups in total. The van der Waals surface area contributed by atoms with Gasteiger partial charge >= 0.3 is 5.97 Å². The van der Waals surface area contributed by atoms with Gasteiger partial charge in [-0.15, -0.1) is 0 Å². The first-order valence-electron chi connectivity index (χ1n) is 6.31. The molecule has 0 radical (unpaired) electrons. The molecule has 92 valence electrons. The van der Waals surface area contributed by atoms with Gasteiger partial charge in [0.15, 0.2) is 0 Å². The molecule has 2 heteroatoms. The number of hydrogen-bond acceptors (Lipinski definition) is 1. The Labute approximate surface area is 98.7 Å². The molecule has 0 aromatic rings. The zero-order valence-electron chi connectivity index (χ0n) is 10.8. The maximum Gasteiger partial charge on any atom is 0.309 e. The lowest BCUT2D eigenvalue weighted by Gasteiger charge is -2.34. The molecule has 2 atom stereocenters. The van der Waals surface area contributed by atoms with Crippen molar-refractivity contribution in [3.05, 3.63) is 11.6 Å². The molecule has 0 amide bonds. The molecule has 0 heterocycles. The van der Waals surface area contributed by atoms with E-state index in [1.807, 2.05) is 6.92 Å². The fraction of sp³-hybridized carbons (Fsp3) is 0.786. The van der Waals surface area contributed by atoms with Gasteiger partial charge < -0.3 is 5.11 Å². The Hall–Kier alpha value is -0.790. The maximum atomic E-state index is 11.2. The summed E-state index contributed by atoms with van der Waals surface area (Å²) in [4.78, 5) is 11.2. The topological polar surface area (TPSA) is 37.3 Å². The van der Waals surface area contributed by atoms with Crippen molar-refractivity contribution in [2.45, 2.75) is 59.3 Å². The lowest BCUT2D eigenvalue weighted by Crippen LogP contribution is -2.33. The van der Waals surface area contributed by atoms with Crippen LogP contribution in [-0.4, -0.2) is 11.1 Å². The van der Waals surface area contributed by atoms with Gasteiger partial charge in [0, 0.05) is 0 Å². The summed E-state index contributed by atoms with van der Waals surface area (Å²) < 4.78 is 0. The van der Waals surface area contributed by atoms with E-state index < -0.39 is 11.4 Å². The third-order valence-electron chi connectivity index (χ3n) is 3.72. The van der Waals surface area contributed by atoms with Crippen LogP contribution in [0.25, 0.3) is 0 Å². The van der Waals surface area contributed by atoms with Crippen molar-refractivity contribution in [3.8, 4) is 0 Å². The summed E-state index contributed by atoms with van der Waals surface area (Å²) in [7, 11) is 0. The Morgan fingerprint density at radius 3 is 2.75 bits per heavy atom. The van der Waals surface area contributed by atoms with Crippen LogP contribution in [0.4, 0.5) is 0 Å². The largest absolute Gasteiger partial charge is 0.481 e. The van der Waals surface area contributed by atoms with Gasteiger partial charge in [-0.05, 0) is 52.4 Å². The van der Waals surface area contributed by atoms with Gasteiger partial charge in [0.25, 0.3) is 0 Å². The number of rotatable bonds is 4. The van der Waals surface area contributed by atoms with Crippen molar-refractivity contribution >= 4 is 5.97 Å². The highest BCUT2D eigenvalue weighted by molar-refractivity contribution is 5.74. The summed E-state index contributed by atoms with van der Waals surface area (Å²) >= 11 is 0. The number of hydrogen-bond donors (Lipinski definition) is 1. The van der Waals surface area contributed by atoms with Crippen LogP contribution >= 0.6 is 0 Å². The zero-order valence-corrected chi connectivity index (χ0v) is 10.8.